The summed E-state index contributed by atoms with van der Waals surface area (Å²) in [5, 5.41) is 2.65. The number of carbonyl (C=O) groups excluding carboxylic acids is 1. The van der Waals surface area contributed by atoms with Gasteiger partial charge in [0.1, 0.15) is 0 Å². The van der Waals surface area contributed by atoms with E-state index in [9.17, 15) is 4.79 Å². The highest BCUT2D eigenvalue weighted by atomic mass is 16.2. The van der Waals surface area contributed by atoms with Gasteiger partial charge >= 0.3 is 0 Å². The summed E-state index contributed by atoms with van der Waals surface area (Å²) in [7, 11) is 1.94. The van der Waals surface area contributed by atoms with Crippen LogP contribution >= 0.6 is 0 Å². The maximum Gasteiger partial charge on any atom is 0.257 e. The number of hydrogen-bond acceptors (Lipinski definition) is 2. The van der Waals surface area contributed by atoms with E-state index in [2.05, 4.69) is 10.3 Å². The summed E-state index contributed by atoms with van der Waals surface area (Å²) < 4.78 is 1.89. The maximum absolute atomic E-state index is 10.6. The Morgan fingerprint density at radius 1 is 1.33 bits per heavy atom. The van der Waals surface area contributed by atoms with Crippen molar-refractivity contribution in [2.24, 2.45) is 7.05 Å². The van der Waals surface area contributed by atoms with Gasteiger partial charge in [0.2, 0.25) is 0 Å². The zero-order valence-corrected chi connectivity index (χ0v) is 8.34. The zero-order valence-electron chi connectivity index (χ0n) is 8.34. The minimum absolute atomic E-state index is 0.0330. The molecule has 1 aliphatic rings. The summed E-state index contributed by atoms with van der Waals surface area (Å²) in [6, 6.07) is 7.46. The second-order valence-electron chi connectivity index (χ2n) is 3.23. The molecule has 1 aliphatic heterocycles. The molecule has 0 atom stereocenters. The van der Waals surface area contributed by atoms with Crippen molar-refractivity contribution in [3.63, 3.8) is 0 Å². The molecule has 0 saturated heterocycles. The number of aryl methyl sites for hydroxylation is 1. The molecule has 3 rings (SSSR count). The zero-order chi connectivity index (χ0) is 10.7. The third kappa shape index (κ3) is 2.04. The molecular weight excluding hydrogens is 190 g/mol. The summed E-state index contributed by atoms with van der Waals surface area (Å²) in [5.74, 6) is 0.0330. The summed E-state index contributed by atoms with van der Waals surface area (Å²) in [4.78, 5) is 14.4. The fraction of sp³-hybridized carbons (Fsp3) is 0.0909. The van der Waals surface area contributed by atoms with E-state index in [0.29, 0.717) is 0 Å². The normalized spacial score (nSPS) is 11.7. The number of benzene rings is 1. The number of nitrogens with one attached hydrogen (secondary N) is 1. The molecule has 15 heavy (non-hydrogen) atoms. The van der Waals surface area contributed by atoms with Crippen molar-refractivity contribution in [3.8, 4) is 0 Å². The number of imidazole rings is 1. The molecule has 0 bridgehead atoms. The molecule has 4 nitrogen and oxygen atoms in total. The van der Waals surface area contributed by atoms with Crippen molar-refractivity contribution in [1.29, 1.82) is 0 Å². The second-order valence-corrected chi connectivity index (χ2v) is 3.23. The van der Waals surface area contributed by atoms with E-state index in [1.807, 2.05) is 42.1 Å². The average molecular weight is 201 g/mol. The van der Waals surface area contributed by atoms with Crippen LogP contribution in [0, 0.1) is 0 Å². The van der Waals surface area contributed by atoms with Crippen molar-refractivity contribution >= 4 is 11.6 Å². The van der Waals surface area contributed by atoms with Crippen molar-refractivity contribution in [1.82, 2.24) is 9.55 Å². The van der Waals surface area contributed by atoms with E-state index in [4.69, 9.17) is 0 Å². The van der Waals surface area contributed by atoms with Crippen molar-refractivity contribution in [2.75, 3.05) is 5.32 Å². The molecular formula is C11H11N3O. The lowest BCUT2D eigenvalue weighted by atomic mass is 10.1. The number of amides is 1. The van der Waals surface area contributed by atoms with Crippen LogP contribution in [0.3, 0.4) is 0 Å². The molecule has 2 aromatic rings. The molecule has 1 N–H and O–H groups in total. The Bertz CT molecular complexity index is 462. The first kappa shape index (κ1) is 9.45. The van der Waals surface area contributed by atoms with Crippen LogP contribution in [0.4, 0.5) is 5.69 Å². The fourth-order valence-electron chi connectivity index (χ4n) is 1.24. The number of nitrogens with zero attached hydrogens (tertiary/aromatic N) is 2. The number of rotatable bonds is 0. The van der Waals surface area contributed by atoms with Crippen molar-refractivity contribution in [3.05, 3.63) is 48.5 Å². The Hall–Kier alpha value is -2.10. The summed E-state index contributed by atoms with van der Waals surface area (Å²) >= 11 is 0. The predicted octanol–water partition coefficient (Wildman–Crippen LogP) is 1.67. The number of para-hydroxylation sites is 1. The highest BCUT2D eigenvalue weighted by molar-refractivity contribution is 6.17. The van der Waals surface area contributed by atoms with E-state index < -0.39 is 0 Å². The molecule has 1 aromatic carbocycles. The third-order valence-electron chi connectivity index (χ3n) is 2.06. The van der Waals surface area contributed by atoms with Crippen molar-refractivity contribution < 1.29 is 4.79 Å². The van der Waals surface area contributed by atoms with Gasteiger partial charge in [0.05, 0.1) is 17.6 Å². The molecule has 1 amide bonds. The fourth-order valence-corrected chi connectivity index (χ4v) is 1.24. The smallest absolute Gasteiger partial charge is 0.257 e. The van der Waals surface area contributed by atoms with Crippen LogP contribution in [-0.4, -0.2) is 15.5 Å². The maximum atomic E-state index is 10.6. The van der Waals surface area contributed by atoms with Gasteiger partial charge in [0.15, 0.2) is 0 Å². The highest BCUT2D eigenvalue weighted by Crippen LogP contribution is 2.23. The molecule has 0 radical (unpaired) electrons. The summed E-state index contributed by atoms with van der Waals surface area (Å²) in [6.45, 7) is 0. The molecule has 0 fully saturated rings. The van der Waals surface area contributed by atoms with Gasteiger partial charge in [-0.25, -0.2) is 4.98 Å². The number of fused-ring (bicyclic) bond motifs is 1. The van der Waals surface area contributed by atoms with E-state index in [1.165, 1.54) is 0 Å². The Morgan fingerprint density at radius 3 is 2.53 bits per heavy atom. The Balaban J connectivity index is 0.000000124. The summed E-state index contributed by atoms with van der Waals surface area (Å²) in [5.41, 5.74) is 1.75. The van der Waals surface area contributed by atoms with E-state index in [1.54, 1.807) is 12.5 Å². The van der Waals surface area contributed by atoms with Crippen LogP contribution in [0.5, 0.6) is 0 Å². The monoisotopic (exact) mass is 201 g/mol. The molecule has 1 aromatic heterocycles. The standard InChI is InChI=1S/C7H5NO.C4H6N2/c9-7-5-3-1-2-4-6(5)8-7;1-6-3-2-5-4-6/h1-4H,(H,8,9);2-4H,1H3. The Morgan fingerprint density at radius 2 is 2.13 bits per heavy atom. The van der Waals surface area contributed by atoms with Gasteiger partial charge in [-0.1, -0.05) is 12.1 Å². The van der Waals surface area contributed by atoms with Gasteiger partial charge < -0.3 is 9.88 Å². The average Bonchev–Trinajstić information content (AvgIpc) is 2.69. The van der Waals surface area contributed by atoms with Crippen LogP contribution in [0.15, 0.2) is 43.0 Å². The molecule has 0 saturated carbocycles. The topological polar surface area (TPSA) is 46.9 Å². The van der Waals surface area contributed by atoms with E-state index in [-0.39, 0.29) is 5.91 Å². The largest absolute Gasteiger partial charge is 0.341 e. The number of hydrogen-bond donors (Lipinski definition) is 1. The quantitative estimate of drug-likeness (QED) is 0.704. The third-order valence-corrected chi connectivity index (χ3v) is 2.06. The Kier molecular flexibility index (Phi) is 2.49. The lowest BCUT2D eigenvalue weighted by Gasteiger charge is -2.17. The van der Waals surface area contributed by atoms with Crippen LogP contribution in [0.2, 0.25) is 0 Å². The first-order valence-corrected chi connectivity index (χ1v) is 4.59. The molecule has 0 aliphatic carbocycles. The van der Waals surface area contributed by atoms with Crippen LogP contribution in [0.1, 0.15) is 10.4 Å². The van der Waals surface area contributed by atoms with Crippen LogP contribution in [-0.2, 0) is 7.05 Å². The Labute approximate surface area is 87.6 Å². The second kappa shape index (κ2) is 3.96. The van der Waals surface area contributed by atoms with Gasteiger partial charge in [-0.2, -0.15) is 0 Å². The first-order chi connectivity index (χ1) is 7.27. The van der Waals surface area contributed by atoms with Gasteiger partial charge in [-0.15, -0.1) is 0 Å². The molecule has 0 spiro atoms. The molecule has 76 valence electrons. The van der Waals surface area contributed by atoms with E-state index >= 15 is 0 Å². The minimum Gasteiger partial charge on any atom is -0.341 e. The van der Waals surface area contributed by atoms with Gasteiger partial charge in [0, 0.05) is 19.4 Å². The number of anilines is 1. The number of carbonyl (C=O) groups is 1. The molecule has 0 unspecified atom stereocenters. The van der Waals surface area contributed by atoms with Gasteiger partial charge in [-0.3, -0.25) is 4.79 Å². The molecule has 4 heteroatoms. The molecule has 2 heterocycles. The minimum atomic E-state index is 0.0330. The SMILES string of the molecule is Cn1ccnc1.O=C1Nc2ccccc21. The van der Waals surface area contributed by atoms with Gasteiger partial charge in [0.25, 0.3) is 5.91 Å². The van der Waals surface area contributed by atoms with Crippen LogP contribution < -0.4 is 5.32 Å². The van der Waals surface area contributed by atoms with Crippen molar-refractivity contribution in [2.45, 2.75) is 0 Å². The van der Waals surface area contributed by atoms with Crippen LogP contribution in [0.25, 0.3) is 0 Å². The van der Waals surface area contributed by atoms with Gasteiger partial charge in [-0.05, 0) is 12.1 Å². The number of aromatic nitrogens is 2. The lowest BCUT2D eigenvalue weighted by Crippen LogP contribution is -2.23. The first-order valence-electron chi connectivity index (χ1n) is 4.59. The lowest BCUT2D eigenvalue weighted by molar-refractivity contribution is 0.101. The predicted molar refractivity (Wildman–Crippen MR) is 57.6 cm³/mol. The highest BCUT2D eigenvalue weighted by Gasteiger charge is 2.19. The summed E-state index contributed by atoms with van der Waals surface area (Å²) in [6.07, 6.45) is 5.39. The van der Waals surface area contributed by atoms with E-state index in [0.717, 1.165) is 11.3 Å².